The summed E-state index contributed by atoms with van der Waals surface area (Å²) in [6.45, 7) is 9.58. The van der Waals surface area contributed by atoms with Gasteiger partial charge in [-0.15, -0.1) is 0 Å². The summed E-state index contributed by atoms with van der Waals surface area (Å²) in [5, 5.41) is 5.77. The Hall–Kier alpha value is -0.770. The van der Waals surface area contributed by atoms with E-state index in [4.69, 9.17) is 4.74 Å². The third-order valence-electron chi connectivity index (χ3n) is 1.93. The van der Waals surface area contributed by atoms with E-state index in [1.807, 2.05) is 41.7 Å². The first-order valence-corrected chi connectivity index (χ1v) is 4.92. The molecule has 0 aromatic heterocycles. The Balaban J connectivity index is 3.95. The molecule has 0 aliphatic rings. The van der Waals surface area contributed by atoms with E-state index in [-0.39, 0.29) is 23.8 Å². The number of hydrogen-bond donors (Lipinski definition) is 2. The Labute approximate surface area is 86.4 Å². The highest BCUT2D eigenvalue weighted by Gasteiger charge is 2.19. The first-order valence-electron chi connectivity index (χ1n) is 4.92. The summed E-state index contributed by atoms with van der Waals surface area (Å²) in [4.78, 5) is 11.3. The molecule has 0 spiro atoms. The number of amides is 1. The summed E-state index contributed by atoms with van der Waals surface area (Å²) in [7, 11) is 1.84. The van der Waals surface area contributed by atoms with Crippen molar-refractivity contribution in [2.75, 3.05) is 7.05 Å². The number of hydrogen-bond acceptors (Lipinski definition) is 3. The zero-order valence-corrected chi connectivity index (χ0v) is 9.97. The minimum absolute atomic E-state index is 0.137. The van der Waals surface area contributed by atoms with Gasteiger partial charge in [0.05, 0.1) is 0 Å². The van der Waals surface area contributed by atoms with Gasteiger partial charge in [0.25, 0.3) is 0 Å². The van der Waals surface area contributed by atoms with Gasteiger partial charge in [0, 0.05) is 11.6 Å². The van der Waals surface area contributed by atoms with E-state index >= 15 is 0 Å². The Morgan fingerprint density at radius 3 is 2.14 bits per heavy atom. The summed E-state index contributed by atoms with van der Waals surface area (Å²) < 4.78 is 5.17. The molecule has 0 aliphatic heterocycles. The number of nitrogens with one attached hydrogen (secondary N) is 2. The van der Waals surface area contributed by atoms with Crippen LogP contribution in [-0.4, -0.2) is 30.8 Å². The molecular formula is C10H22N2O2. The summed E-state index contributed by atoms with van der Waals surface area (Å²) in [6, 6.07) is 0.153. The SMILES string of the molecule is CNC(C)C(C)OC(=O)NC(C)(C)C. The Morgan fingerprint density at radius 2 is 1.79 bits per heavy atom. The first kappa shape index (κ1) is 13.2. The minimum atomic E-state index is -0.368. The molecule has 0 saturated carbocycles. The number of likely N-dealkylation sites (N-methyl/N-ethyl adjacent to an activating group) is 1. The fourth-order valence-corrected chi connectivity index (χ4v) is 0.841. The largest absolute Gasteiger partial charge is 0.445 e. The van der Waals surface area contributed by atoms with Gasteiger partial charge >= 0.3 is 6.09 Å². The lowest BCUT2D eigenvalue weighted by atomic mass is 10.1. The maximum Gasteiger partial charge on any atom is 0.407 e. The van der Waals surface area contributed by atoms with Crippen molar-refractivity contribution >= 4 is 6.09 Å². The molecule has 0 radical (unpaired) electrons. The third-order valence-corrected chi connectivity index (χ3v) is 1.93. The molecule has 2 atom stereocenters. The predicted molar refractivity (Wildman–Crippen MR) is 57.4 cm³/mol. The van der Waals surface area contributed by atoms with Gasteiger partial charge in [-0.1, -0.05) is 0 Å². The fourth-order valence-electron chi connectivity index (χ4n) is 0.841. The topological polar surface area (TPSA) is 50.4 Å². The van der Waals surface area contributed by atoms with Gasteiger partial charge in [-0.2, -0.15) is 0 Å². The van der Waals surface area contributed by atoms with Crippen LogP contribution in [-0.2, 0) is 4.74 Å². The average Bonchev–Trinajstić information content (AvgIpc) is 1.99. The molecule has 0 bridgehead atoms. The van der Waals surface area contributed by atoms with Gasteiger partial charge in [0.1, 0.15) is 6.10 Å². The molecule has 14 heavy (non-hydrogen) atoms. The van der Waals surface area contributed by atoms with Gasteiger partial charge in [0.2, 0.25) is 0 Å². The van der Waals surface area contributed by atoms with Crippen LogP contribution in [0.2, 0.25) is 0 Å². The first-order chi connectivity index (χ1) is 6.26. The lowest BCUT2D eigenvalue weighted by Gasteiger charge is -2.24. The van der Waals surface area contributed by atoms with Crippen LogP contribution in [0.5, 0.6) is 0 Å². The number of carbonyl (C=O) groups excluding carboxylic acids is 1. The molecule has 4 heteroatoms. The van der Waals surface area contributed by atoms with Gasteiger partial charge in [-0.25, -0.2) is 4.79 Å². The zero-order valence-electron chi connectivity index (χ0n) is 9.97. The molecule has 0 aromatic carbocycles. The maximum atomic E-state index is 11.3. The van der Waals surface area contributed by atoms with Crippen molar-refractivity contribution in [3.8, 4) is 0 Å². The summed E-state index contributed by atoms with van der Waals surface area (Å²) in [6.07, 6.45) is -0.505. The van der Waals surface area contributed by atoms with Gasteiger partial charge in [-0.05, 0) is 41.7 Å². The molecule has 2 unspecified atom stereocenters. The van der Waals surface area contributed by atoms with Gasteiger partial charge in [0.15, 0.2) is 0 Å². The van der Waals surface area contributed by atoms with Crippen molar-refractivity contribution in [2.24, 2.45) is 0 Å². The van der Waals surface area contributed by atoms with Crippen LogP contribution in [0.15, 0.2) is 0 Å². The summed E-state index contributed by atoms with van der Waals surface area (Å²) in [5.74, 6) is 0. The Morgan fingerprint density at radius 1 is 1.29 bits per heavy atom. The molecule has 0 aliphatic carbocycles. The number of alkyl carbamates (subject to hydrolysis) is 1. The van der Waals surface area contributed by atoms with Crippen molar-refractivity contribution in [2.45, 2.75) is 52.3 Å². The van der Waals surface area contributed by atoms with Crippen molar-refractivity contribution in [3.05, 3.63) is 0 Å². The van der Waals surface area contributed by atoms with E-state index in [1.54, 1.807) is 0 Å². The summed E-state index contributed by atoms with van der Waals surface area (Å²) >= 11 is 0. The fraction of sp³-hybridized carbons (Fsp3) is 0.900. The second-order valence-electron chi connectivity index (χ2n) is 4.56. The average molecular weight is 202 g/mol. The highest BCUT2D eigenvalue weighted by molar-refractivity contribution is 5.68. The number of carbonyl (C=O) groups is 1. The molecule has 0 saturated heterocycles. The minimum Gasteiger partial charge on any atom is -0.445 e. The van der Waals surface area contributed by atoms with Crippen LogP contribution >= 0.6 is 0 Å². The third kappa shape index (κ3) is 5.80. The lowest BCUT2D eigenvalue weighted by Crippen LogP contribution is -2.44. The van der Waals surface area contributed by atoms with Crippen molar-refractivity contribution < 1.29 is 9.53 Å². The second-order valence-corrected chi connectivity index (χ2v) is 4.56. The quantitative estimate of drug-likeness (QED) is 0.729. The maximum absolute atomic E-state index is 11.3. The van der Waals surface area contributed by atoms with Crippen LogP contribution in [0.25, 0.3) is 0 Å². The van der Waals surface area contributed by atoms with Gasteiger partial charge in [-0.3, -0.25) is 0 Å². The molecule has 4 nitrogen and oxygen atoms in total. The highest BCUT2D eigenvalue weighted by atomic mass is 16.6. The van der Waals surface area contributed by atoms with Crippen molar-refractivity contribution in [1.29, 1.82) is 0 Å². The van der Waals surface area contributed by atoms with Crippen LogP contribution in [0.1, 0.15) is 34.6 Å². The smallest absolute Gasteiger partial charge is 0.407 e. The van der Waals surface area contributed by atoms with Crippen LogP contribution in [0, 0.1) is 0 Å². The van der Waals surface area contributed by atoms with E-state index in [0.29, 0.717) is 0 Å². The summed E-state index contributed by atoms with van der Waals surface area (Å²) in [5.41, 5.74) is -0.250. The Kier molecular flexibility index (Phi) is 4.91. The molecule has 2 N–H and O–H groups in total. The van der Waals surface area contributed by atoms with Crippen LogP contribution in [0.4, 0.5) is 4.79 Å². The zero-order chi connectivity index (χ0) is 11.4. The Bertz CT molecular complexity index is 187. The van der Waals surface area contributed by atoms with Crippen molar-refractivity contribution in [1.82, 2.24) is 10.6 Å². The van der Waals surface area contributed by atoms with E-state index in [9.17, 15) is 4.79 Å². The molecule has 0 rings (SSSR count). The number of ether oxygens (including phenoxy) is 1. The monoisotopic (exact) mass is 202 g/mol. The van der Waals surface area contributed by atoms with Crippen LogP contribution < -0.4 is 10.6 Å². The molecular weight excluding hydrogens is 180 g/mol. The van der Waals surface area contributed by atoms with Crippen molar-refractivity contribution in [3.63, 3.8) is 0 Å². The normalized spacial score (nSPS) is 15.9. The molecule has 1 amide bonds. The molecule has 84 valence electrons. The van der Waals surface area contributed by atoms with E-state index in [0.717, 1.165) is 0 Å². The lowest BCUT2D eigenvalue weighted by molar-refractivity contribution is 0.0839. The van der Waals surface area contributed by atoms with E-state index in [1.165, 1.54) is 0 Å². The molecule has 0 aromatic rings. The van der Waals surface area contributed by atoms with Crippen LogP contribution in [0.3, 0.4) is 0 Å². The number of rotatable bonds is 3. The molecule has 0 fully saturated rings. The van der Waals surface area contributed by atoms with E-state index < -0.39 is 0 Å². The van der Waals surface area contributed by atoms with E-state index in [2.05, 4.69) is 10.6 Å². The molecule has 0 heterocycles. The second kappa shape index (κ2) is 5.20. The predicted octanol–water partition coefficient (Wildman–Crippen LogP) is 1.51. The standard InChI is InChI=1S/C10H22N2O2/c1-7(11-6)8(2)14-9(13)12-10(3,4)5/h7-8,11H,1-6H3,(H,12,13). The van der Waals surface area contributed by atoms with Gasteiger partial charge < -0.3 is 15.4 Å². The highest BCUT2D eigenvalue weighted by Crippen LogP contribution is 2.02.